The molecule has 100 valence electrons. The van der Waals surface area contributed by atoms with Crippen LogP contribution in [0.4, 0.5) is 10.2 Å². The van der Waals surface area contributed by atoms with Gasteiger partial charge >= 0.3 is 0 Å². The molecule has 3 nitrogen and oxygen atoms in total. The van der Waals surface area contributed by atoms with Crippen LogP contribution in [-0.4, -0.2) is 12.0 Å². The summed E-state index contributed by atoms with van der Waals surface area (Å²) >= 11 is 9.31. The zero-order valence-electron chi connectivity index (χ0n) is 10.1. The van der Waals surface area contributed by atoms with Gasteiger partial charge in [-0.15, -0.1) is 0 Å². The van der Waals surface area contributed by atoms with Crippen molar-refractivity contribution >= 4 is 33.3 Å². The van der Waals surface area contributed by atoms with Crippen LogP contribution < -0.4 is 11.1 Å². The maximum atomic E-state index is 13.2. The number of nitrogens with one attached hydrogen (secondary N) is 1. The van der Waals surface area contributed by atoms with Crippen molar-refractivity contribution in [3.63, 3.8) is 0 Å². The molecule has 3 N–H and O–H groups in total. The summed E-state index contributed by atoms with van der Waals surface area (Å²) in [6.07, 6.45) is 1.49. The van der Waals surface area contributed by atoms with Gasteiger partial charge < -0.3 is 11.1 Å². The molecular weight excluding hydrogens is 333 g/mol. The molecule has 2 aromatic rings. The van der Waals surface area contributed by atoms with Crippen molar-refractivity contribution < 1.29 is 4.39 Å². The lowest BCUT2D eigenvalue weighted by Gasteiger charge is -2.20. The van der Waals surface area contributed by atoms with E-state index >= 15 is 0 Å². The molecule has 0 bridgehead atoms. The number of hydrogen-bond donors (Lipinski definition) is 2. The first kappa shape index (κ1) is 14.2. The number of halogens is 3. The third-order valence-electron chi connectivity index (χ3n) is 2.79. The molecule has 1 aromatic carbocycles. The lowest BCUT2D eigenvalue weighted by molar-refractivity contribution is 0.621. The van der Waals surface area contributed by atoms with E-state index in [1.807, 2.05) is 0 Å². The van der Waals surface area contributed by atoms with Crippen LogP contribution in [0.25, 0.3) is 0 Å². The second-order valence-corrected chi connectivity index (χ2v) is 5.31. The molecule has 2 rings (SSSR count). The minimum absolute atomic E-state index is 0.221. The first-order valence-corrected chi connectivity index (χ1v) is 6.73. The molecule has 0 saturated carbocycles. The van der Waals surface area contributed by atoms with Gasteiger partial charge in [0.15, 0.2) is 0 Å². The Morgan fingerprint density at radius 1 is 1.37 bits per heavy atom. The van der Waals surface area contributed by atoms with E-state index in [1.165, 1.54) is 18.3 Å². The van der Waals surface area contributed by atoms with E-state index in [1.54, 1.807) is 19.2 Å². The molecule has 0 aliphatic heterocycles. The molecule has 19 heavy (non-hydrogen) atoms. The van der Waals surface area contributed by atoms with Crippen molar-refractivity contribution in [2.24, 2.45) is 0 Å². The largest absolute Gasteiger partial charge is 0.383 e. The van der Waals surface area contributed by atoms with Crippen molar-refractivity contribution in [1.82, 2.24) is 10.3 Å². The Bertz CT molecular complexity index is 606. The minimum Gasteiger partial charge on any atom is -0.383 e. The van der Waals surface area contributed by atoms with E-state index in [0.717, 1.165) is 11.1 Å². The molecule has 0 aliphatic rings. The number of nitrogen functional groups attached to an aromatic ring is 1. The summed E-state index contributed by atoms with van der Waals surface area (Å²) < 4.78 is 13.8. The number of nitrogens with two attached hydrogens (primary N) is 1. The molecule has 0 amide bonds. The quantitative estimate of drug-likeness (QED) is 0.895. The van der Waals surface area contributed by atoms with Crippen molar-refractivity contribution in [3.8, 4) is 0 Å². The maximum Gasteiger partial charge on any atom is 0.128 e. The maximum absolute atomic E-state index is 13.2. The Morgan fingerprint density at radius 2 is 2.11 bits per heavy atom. The van der Waals surface area contributed by atoms with Crippen molar-refractivity contribution in [1.29, 1.82) is 0 Å². The van der Waals surface area contributed by atoms with Crippen LogP contribution >= 0.6 is 27.5 Å². The normalized spacial score (nSPS) is 12.4. The fourth-order valence-electron chi connectivity index (χ4n) is 1.91. The molecule has 1 unspecified atom stereocenters. The highest BCUT2D eigenvalue weighted by atomic mass is 79.9. The van der Waals surface area contributed by atoms with E-state index in [0.29, 0.717) is 15.3 Å². The summed E-state index contributed by atoms with van der Waals surface area (Å²) in [5, 5.41) is 3.63. The lowest BCUT2D eigenvalue weighted by Crippen LogP contribution is -2.20. The Kier molecular flexibility index (Phi) is 4.39. The highest BCUT2D eigenvalue weighted by Gasteiger charge is 2.18. The number of pyridine rings is 1. The Labute approximate surface area is 124 Å². The van der Waals surface area contributed by atoms with Gasteiger partial charge in [-0.05, 0) is 30.8 Å². The van der Waals surface area contributed by atoms with Gasteiger partial charge in [-0.3, -0.25) is 0 Å². The summed E-state index contributed by atoms with van der Waals surface area (Å²) in [6.45, 7) is 0. The number of anilines is 1. The molecule has 0 saturated heterocycles. The summed E-state index contributed by atoms with van der Waals surface area (Å²) in [4.78, 5) is 4.04. The van der Waals surface area contributed by atoms with Crippen LogP contribution in [0.2, 0.25) is 5.02 Å². The molecular formula is C13H12BrClFN3. The number of hydrogen-bond acceptors (Lipinski definition) is 3. The zero-order valence-corrected chi connectivity index (χ0v) is 12.5. The number of rotatable bonds is 3. The second-order valence-electron chi connectivity index (χ2n) is 4.02. The Morgan fingerprint density at radius 3 is 2.74 bits per heavy atom. The molecule has 0 aliphatic carbocycles. The molecule has 6 heteroatoms. The summed E-state index contributed by atoms with van der Waals surface area (Å²) in [6, 6.07) is 6.04. The first-order valence-electron chi connectivity index (χ1n) is 5.56. The molecule has 1 aromatic heterocycles. The summed E-state index contributed by atoms with van der Waals surface area (Å²) in [7, 11) is 1.79. The fourth-order valence-corrected chi connectivity index (χ4v) is 2.66. The van der Waals surface area contributed by atoms with E-state index in [2.05, 4.69) is 26.2 Å². The highest BCUT2D eigenvalue weighted by Crippen LogP contribution is 2.32. The van der Waals surface area contributed by atoms with Crippen LogP contribution in [-0.2, 0) is 0 Å². The highest BCUT2D eigenvalue weighted by molar-refractivity contribution is 9.10. The average molecular weight is 345 g/mol. The predicted octanol–water partition coefficient (Wildman–Crippen LogP) is 3.53. The minimum atomic E-state index is -0.303. The molecule has 0 radical (unpaired) electrons. The van der Waals surface area contributed by atoms with Gasteiger partial charge in [-0.1, -0.05) is 33.6 Å². The van der Waals surface area contributed by atoms with Gasteiger partial charge in [0.25, 0.3) is 0 Å². The van der Waals surface area contributed by atoms with Gasteiger partial charge in [-0.2, -0.15) is 0 Å². The van der Waals surface area contributed by atoms with Gasteiger partial charge in [-0.25, -0.2) is 9.37 Å². The van der Waals surface area contributed by atoms with Crippen molar-refractivity contribution in [2.45, 2.75) is 6.04 Å². The summed E-state index contributed by atoms with van der Waals surface area (Å²) in [5.41, 5.74) is 7.50. The van der Waals surface area contributed by atoms with Crippen molar-refractivity contribution in [3.05, 3.63) is 56.9 Å². The van der Waals surface area contributed by atoms with Crippen LogP contribution in [0.5, 0.6) is 0 Å². The van der Waals surface area contributed by atoms with E-state index in [9.17, 15) is 4.39 Å². The second kappa shape index (κ2) is 5.86. The van der Waals surface area contributed by atoms with Crippen LogP contribution in [0.1, 0.15) is 17.2 Å². The van der Waals surface area contributed by atoms with Crippen LogP contribution in [0.15, 0.2) is 34.9 Å². The molecule has 1 heterocycles. The van der Waals surface area contributed by atoms with E-state index < -0.39 is 0 Å². The third-order valence-corrected chi connectivity index (χ3v) is 3.68. The third kappa shape index (κ3) is 3.05. The molecule has 0 fully saturated rings. The van der Waals surface area contributed by atoms with Crippen LogP contribution in [0, 0.1) is 5.82 Å². The average Bonchev–Trinajstić information content (AvgIpc) is 2.36. The number of aromatic nitrogens is 1. The fraction of sp³-hybridized carbons (Fsp3) is 0.154. The van der Waals surface area contributed by atoms with Gasteiger partial charge in [0.2, 0.25) is 0 Å². The van der Waals surface area contributed by atoms with Gasteiger partial charge in [0, 0.05) is 16.2 Å². The van der Waals surface area contributed by atoms with E-state index in [4.69, 9.17) is 17.3 Å². The number of nitrogens with zero attached hydrogens (tertiary/aromatic N) is 1. The smallest absolute Gasteiger partial charge is 0.128 e. The standard InChI is InChI=1S/C13H12BrClFN3/c1-18-12(9-3-2-8(16)5-11(9)14)10-4-7(15)6-19-13(10)17/h2-6,12,18H,1H3,(H2,17,19). The van der Waals surface area contributed by atoms with Crippen molar-refractivity contribution in [2.75, 3.05) is 12.8 Å². The van der Waals surface area contributed by atoms with E-state index in [-0.39, 0.29) is 11.9 Å². The number of benzene rings is 1. The zero-order chi connectivity index (χ0) is 14.0. The summed E-state index contributed by atoms with van der Waals surface area (Å²) in [5.74, 6) is 0.0858. The van der Waals surface area contributed by atoms with Gasteiger partial charge in [0.1, 0.15) is 11.6 Å². The predicted molar refractivity (Wildman–Crippen MR) is 78.7 cm³/mol. The SMILES string of the molecule is CNC(c1ccc(F)cc1Br)c1cc(Cl)cnc1N. The van der Waals surface area contributed by atoms with Crippen LogP contribution in [0.3, 0.4) is 0 Å². The lowest BCUT2D eigenvalue weighted by atomic mass is 9.99. The topological polar surface area (TPSA) is 50.9 Å². The monoisotopic (exact) mass is 343 g/mol. The first-order chi connectivity index (χ1) is 9.02. The molecule has 0 spiro atoms. The Balaban J connectivity index is 2.52. The van der Waals surface area contributed by atoms with Gasteiger partial charge in [0.05, 0.1) is 11.1 Å². The molecule has 1 atom stereocenters. The Hall–Kier alpha value is -1.17.